The van der Waals surface area contributed by atoms with Crippen LogP contribution in [-0.4, -0.2) is 20.2 Å². The van der Waals surface area contributed by atoms with Gasteiger partial charge in [0.2, 0.25) is 0 Å². The fourth-order valence-electron chi connectivity index (χ4n) is 2.27. The molecule has 1 aromatic rings. The van der Waals surface area contributed by atoms with Crippen LogP contribution in [0.4, 0.5) is 0 Å². The minimum Gasteiger partial charge on any atom is -0.492 e. The zero-order valence-electron chi connectivity index (χ0n) is 11.3. The molecule has 0 atom stereocenters. The van der Waals surface area contributed by atoms with E-state index in [1.54, 1.807) is 0 Å². The summed E-state index contributed by atoms with van der Waals surface area (Å²) in [6, 6.07) is 4.37. The number of aryl methyl sites for hydroxylation is 1. The van der Waals surface area contributed by atoms with Crippen LogP contribution in [0, 0.1) is 12.8 Å². The average molecular weight is 312 g/mol. The van der Waals surface area contributed by atoms with E-state index < -0.39 is 0 Å². The summed E-state index contributed by atoms with van der Waals surface area (Å²) in [5.74, 6) is 1.82. The Kier molecular flexibility index (Phi) is 5.07. The highest BCUT2D eigenvalue weighted by atomic mass is 79.9. The van der Waals surface area contributed by atoms with Gasteiger partial charge in [0.05, 0.1) is 11.1 Å². The molecule has 0 aliphatic heterocycles. The Bertz CT molecular complexity index is 402. The lowest BCUT2D eigenvalue weighted by Crippen LogP contribution is -2.20. The predicted molar refractivity (Wildman–Crippen MR) is 79.3 cm³/mol. The van der Waals surface area contributed by atoms with Crippen molar-refractivity contribution >= 4 is 15.9 Å². The van der Waals surface area contributed by atoms with Crippen molar-refractivity contribution in [3.05, 3.63) is 27.7 Å². The van der Waals surface area contributed by atoms with Crippen LogP contribution in [0.25, 0.3) is 0 Å². The third-order valence-electron chi connectivity index (χ3n) is 3.60. The predicted octanol–water partition coefficient (Wildman–Crippen LogP) is 3.70. The van der Waals surface area contributed by atoms with Crippen molar-refractivity contribution in [2.45, 2.75) is 32.6 Å². The number of hydrogen-bond acceptors (Lipinski definition) is 2. The van der Waals surface area contributed by atoms with E-state index in [-0.39, 0.29) is 0 Å². The first-order valence-corrected chi connectivity index (χ1v) is 7.56. The van der Waals surface area contributed by atoms with Crippen molar-refractivity contribution < 1.29 is 4.74 Å². The summed E-state index contributed by atoms with van der Waals surface area (Å²) in [5.41, 5.74) is 2.58. The number of ether oxygens (including phenoxy) is 1. The van der Waals surface area contributed by atoms with Crippen LogP contribution < -0.4 is 10.1 Å². The van der Waals surface area contributed by atoms with Gasteiger partial charge in [-0.1, -0.05) is 12.5 Å². The molecule has 0 unspecified atom stereocenters. The van der Waals surface area contributed by atoms with Gasteiger partial charge in [0, 0.05) is 0 Å². The molecule has 18 heavy (non-hydrogen) atoms. The van der Waals surface area contributed by atoms with E-state index in [4.69, 9.17) is 4.74 Å². The van der Waals surface area contributed by atoms with E-state index in [1.165, 1.54) is 30.4 Å². The molecule has 0 saturated heterocycles. The number of nitrogens with one attached hydrogen (secondary N) is 1. The Hall–Kier alpha value is -0.540. The second-order valence-corrected chi connectivity index (χ2v) is 6.05. The molecule has 0 radical (unpaired) electrons. The highest BCUT2D eigenvalue weighted by Crippen LogP contribution is 2.33. The molecule has 1 saturated carbocycles. The van der Waals surface area contributed by atoms with Gasteiger partial charge in [0.1, 0.15) is 5.75 Å². The van der Waals surface area contributed by atoms with E-state index in [1.807, 2.05) is 7.05 Å². The SMILES string of the molecule is CNCCc1cc(C)cc(Br)c1OCC1CCC1. The lowest BCUT2D eigenvalue weighted by atomic mass is 9.86. The average Bonchev–Trinajstić information content (AvgIpc) is 2.26. The molecule has 2 rings (SSSR count). The molecule has 1 aliphatic carbocycles. The molecular formula is C15H22BrNO. The van der Waals surface area contributed by atoms with Crippen LogP contribution in [0.1, 0.15) is 30.4 Å². The topological polar surface area (TPSA) is 21.3 Å². The summed E-state index contributed by atoms with van der Waals surface area (Å²) < 4.78 is 7.14. The van der Waals surface area contributed by atoms with E-state index >= 15 is 0 Å². The van der Waals surface area contributed by atoms with Gasteiger partial charge in [-0.15, -0.1) is 0 Å². The van der Waals surface area contributed by atoms with Crippen molar-refractivity contribution in [1.29, 1.82) is 0 Å². The minimum absolute atomic E-state index is 0.773. The molecule has 3 heteroatoms. The van der Waals surface area contributed by atoms with Crippen molar-refractivity contribution in [3.8, 4) is 5.75 Å². The summed E-state index contributed by atoms with van der Waals surface area (Å²) in [6.45, 7) is 3.98. The van der Waals surface area contributed by atoms with Crippen LogP contribution >= 0.6 is 15.9 Å². The molecule has 1 aliphatic rings. The molecule has 2 nitrogen and oxygen atoms in total. The molecule has 0 spiro atoms. The first-order chi connectivity index (χ1) is 8.70. The Balaban J connectivity index is 2.08. The molecule has 1 fully saturated rings. The monoisotopic (exact) mass is 311 g/mol. The Labute approximate surface area is 118 Å². The number of halogens is 1. The summed E-state index contributed by atoms with van der Waals surface area (Å²) in [7, 11) is 1.99. The quantitative estimate of drug-likeness (QED) is 0.865. The van der Waals surface area contributed by atoms with Gasteiger partial charge in [0.15, 0.2) is 0 Å². The molecule has 100 valence electrons. The number of likely N-dealkylation sites (N-methyl/N-ethyl adjacent to an activating group) is 1. The van der Waals surface area contributed by atoms with E-state index in [9.17, 15) is 0 Å². The van der Waals surface area contributed by atoms with E-state index in [0.29, 0.717) is 0 Å². The summed E-state index contributed by atoms with van der Waals surface area (Å²) in [6.07, 6.45) is 5.04. The molecule has 1 N–H and O–H groups in total. The van der Waals surface area contributed by atoms with Crippen molar-refractivity contribution in [2.24, 2.45) is 5.92 Å². The smallest absolute Gasteiger partial charge is 0.136 e. The Morgan fingerprint density at radius 1 is 1.39 bits per heavy atom. The van der Waals surface area contributed by atoms with Gasteiger partial charge in [0.25, 0.3) is 0 Å². The van der Waals surface area contributed by atoms with Crippen LogP contribution in [0.3, 0.4) is 0 Å². The molecule has 0 bridgehead atoms. The zero-order valence-corrected chi connectivity index (χ0v) is 12.8. The third kappa shape index (κ3) is 3.48. The fourth-order valence-corrected chi connectivity index (χ4v) is 3.00. The second kappa shape index (κ2) is 6.58. The second-order valence-electron chi connectivity index (χ2n) is 5.20. The standard InChI is InChI=1S/C15H22BrNO/c1-11-8-13(6-7-17-2)15(14(16)9-11)18-10-12-4-3-5-12/h8-9,12,17H,3-7,10H2,1-2H3. The van der Waals surface area contributed by atoms with Crippen molar-refractivity contribution in [1.82, 2.24) is 5.32 Å². The van der Waals surface area contributed by atoms with Crippen molar-refractivity contribution in [3.63, 3.8) is 0 Å². The lowest BCUT2D eigenvalue weighted by Gasteiger charge is -2.26. The largest absolute Gasteiger partial charge is 0.492 e. The highest BCUT2D eigenvalue weighted by molar-refractivity contribution is 9.10. The minimum atomic E-state index is 0.773. The fraction of sp³-hybridized carbons (Fsp3) is 0.600. The van der Waals surface area contributed by atoms with Gasteiger partial charge in [-0.25, -0.2) is 0 Å². The maximum Gasteiger partial charge on any atom is 0.136 e. The van der Waals surface area contributed by atoms with Crippen LogP contribution in [-0.2, 0) is 6.42 Å². The lowest BCUT2D eigenvalue weighted by molar-refractivity contribution is 0.178. The zero-order chi connectivity index (χ0) is 13.0. The van der Waals surface area contributed by atoms with Gasteiger partial charge < -0.3 is 10.1 Å². The van der Waals surface area contributed by atoms with E-state index in [0.717, 1.165) is 35.7 Å². The third-order valence-corrected chi connectivity index (χ3v) is 4.19. The summed E-state index contributed by atoms with van der Waals surface area (Å²) in [4.78, 5) is 0. The maximum absolute atomic E-state index is 6.05. The Morgan fingerprint density at radius 2 is 2.17 bits per heavy atom. The maximum atomic E-state index is 6.05. The van der Waals surface area contributed by atoms with Crippen LogP contribution in [0.15, 0.2) is 16.6 Å². The summed E-state index contributed by atoms with van der Waals surface area (Å²) in [5, 5.41) is 3.20. The van der Waals surface area contributed by atoms with Crippen LogP contribution in [0.2, 0.25) is 0 Å². The molecule has 0 heterocycles. The van der Waals surface area contributed by atoms with Gasteiger partial charge >= 0.3 is 0 Å². The normalized spacial score (nSPS) is 15.5. The van der Waals surface area contributed by atoms with Crippen molar-refractivity contribution in [2.75, 3.05) is 20.2 Å². The molecule has 0 aromatic heterocycles. The van der Waals surface area contributed by atoms with Gasteiger partial charge in [-0.2, -0.15) is 0 Å². The van der Waals surface area contributed by atoms with E-state index in [2.05, 4.69) is 40.3 Å². The first-order valence-electron chi connectivity index (χ1n) is 6.77. The molecule has 1 aromatic carbocycles. The number of benzene rings is 1. The summed E-state index contributed by atoms with van der Waals surface area (Å²) >= 11 is 3.63. The molecular weight excluding hydrogens is 290 g/mol. The van der Waals surface area contributed by atoms with Gasteiger partial charge in [-0.05, 0) is 78.8 Å². The Morgan fingerprint density at radius 3 is 2.78 bits per heavy atom. The highest BCUT2D eigenvalue weighted by Gasteiger charge is 2.19. The van der Waals surface area contributed by atoms with Crippen LogP contribution in [0.5, 0.6) is 5.75 Å². The van der Waals surface area contributed by atoms with Gasteiger partial charge in [-0.3, -0.25) is 0 Å². The first kappa shape index (κ1) is 13.9. The number of hydrogen-bond donors (Lipinski definition) is 1. The number of rotatable bonds is 6. The molecule has 0 amide bonds.